The molecule has 1 unspecified atom stereocenters. The van der Waals surface area contributed by atoms with Crippen molar-refractivity contribution in [1.29, 1.82) is 0 Å². The van der Waals surface area contributed by atoms with Crippen molar-refractivity contribution in [2.75, 3.05) is 31.6 Å². The Kier molecular flexibility index (Phi) is 4.20. The zero-order valence-electron chi connectivity index (χ0n) is 11.0. The summed E-state index contributed by atoms with van der Waals surface area (Å²) in [5.41, 5.74) is 2.50. The minimum atomic E-state index is -0.148. The number of fused-ring (bicyclic) bond motifs is 1. The quantitative estimate of drug-likeness (QED) is 0.821. The number of hydrogen-bond donors (Lipinski definition) is 1. The van der Waals surface area contributed by atoms with Crippen molar-refractivity contribution in [2.45, 2.75) is 13.5 Å². The minimum Gasteiger partial charge on any atom is -0.469 e. The van der Waals surface area contributed by atoms with Gasteiger partial charge in [0.25, 0.3) is 0 Å². The number of esters is 1. The van der Waals surface area contributed by atoms with Crippen LogP contribution in [0.5, 0.6) is 0 Å². The van der Waals surface area contributed by atoms with E-state index in [1.165, 1.54) is 18.4 Å². The second-order valence-corrected chi connectivity index (χ2v) is 4.68. The Balaban J connectivity index is 2.15. The largest absolute Gasteiger partial charge is 0.469 e. The molecule has 0 aliphatic carbocycles. The summed E-state index contributed by atoms with van der Waals surface area (Å²) in [6.07, 6.45) is 0. The van der Waals surface area contributed by atoms with Gasteiger partial charge in [-0.2, -0.15) is 0 Å². The molecule has 98 valence electrons. The van der Waals surface area contributed by atoms with E-state index < -0.39 is 0 Å². The Hall–Kier alpha value is -1.55. The highest BCUT2D eigenvalue weighted by atomic mass is 16.5. The number of rotatable bonds is 3. The summed E-state index contributed by atoms with van der Waals surface area (Å²) in [5.74, 6) is -0.258. The van der Waals surface area contributed by atoms with E-state index in [0.29, 0.717) is 6.54 Å². The second kappa shape index (κ2) is 5.87. The Labute approximate surface area is 108 Å². The molecule has 1 aromatic carbocycles. The van der Waals surface area contributed by atoms with Gasteiger partial charge in [0, 0.05) is 31.9 Å². The third-order valence-corrected chi connectivity index (χ3v) is 3.30. The van der Waals surface area contributed by atoms with Gasteiger partial charge in [0.05, 0.1) is 13.0 Å². The smallest absolute Gasteiger partial charge is 0.310 e. The first-order chi connectivity index (χ1) is 8.72. The zero-order chi connectivity index (χ0) is 13.0. The second-order valence-electron chi connectivity index (χ2n) is 4.68. The van der Waals surface area contributed by atoms with Crippen LogP contribution in [0.2, 0.25) is 0 Å². The van der Waals surface area contributed by atoms with Crippen LogP contribution in [0, 0.1) is 5.92 Å². The third-order valence-electron chi connectivity index (χ3n) is 3.30. The molecule has 1 aliphatic heterocycles. The van der Waals surface area contributed by atoms with Gasteiger partial charge >= 0.3 is 5.97 Å². The number of ether oxygens (including phenoxy) is 1. The molecule has 1 N–H and O–H groups in total. The Bertz CT molecular complexity index is 420. The SMILES string of the molecule is COC(=O)C(C)CN1CCNCc2ccccc21. The van der Waals surface area contributed by atoms with Crippen molar-refractivity contribution in [2.24, 2.45) is 5.92 Å². The average molecular weight is 248 g/mol. The van der Waals surface area contributed by atoms with Gasteiger partial charge in [0.2, 0.25) is 0 Å². The van der Waals surface area contributed by atoms with E-state index in [-0.39, 0.29) is 11.9 Å². The van der Waals surface area contributed by atoms with Crippen LogP contribution in [0.1, 0.15) is 12.5 Å². The topological polar surface area (TPSA) is 41.6 Å². The number of carbonyl (C=O) groups is 1. The molecule has 0 radical (unpaired) electrons. The first kappa shape index (κ1) is 12.9. The number of hydrogen-bond acceptors (Lipinski definition) is 4. The van der Waals surface area contributed by atoms with Crippen LogP contribution >= 0.6 is 0 Å². The van der Waals surface area contributed by atoms with Crippen LogP contribution in [0.4, 0.5) is 5.69 Å². The lowest BCUT2D eigenvalue weighted by Crippen LogP contribution is -2.35. The van der Waals surface area contributed by atoms with Gasteiger partial charge < -0.3 is 15.0 Å². The maximum Gasteiger partial charge on any atom is 0.310 e. The third kappa shape index (κ3) is 2.82. The molecule has 0 aromatic heterocycles. The highest BCUT2D eigenvalue weighted by Gasteiger charge is 2.20. The van der Waals surface area contributed by atoms with E-state index in [2.05, 4.69) is 22.3 Å². The maximum atomic E-state index is 11.5. The summed E-state index contributed by atoms with van der Waals surface area (Å²) >= 11 is 0. The lowest BCUT2D eigenvalue weighted by Gasteiger charge is -2.26. The summed E-state index contributed by atoms with van der Waals surface area (Å²) in [6.45, 7) is 5.35. The number of nitrogens with zero attached hydrogens (tertiary/aromatic N) is 1. The molecule has 2 rings (SSSR count). The van der Waals surface area contributed by atoms with Crippen LogP contribution < -0.4 is 10.2 Å². The van der Waals surface area contributed by atoms with E-state index >= 15 is 0 Å². The van der Waals surface area contributed by atoms with Crippen molar-refractivity contribution < 1.29 is 9.53 Å². The standard InChI is InChI=1S/C14H20N2O2/c1-11(14(17)18-2)10-16-8-7-15-9-12-5-3-4-6-13(12)16/h3-6,11,15H,7-10H2,1-2H3. The normalized spacial score (nSPS) is 16.7. The van der Waals surface area contributed by atoms with Gasteiger partial charge in [0.15, 0.2) is 0 Å². The van der Waals surface area contributed by atoms with Crippen molar-refractivity contribution in [1.82, 2.24) is 5.32 Å². The van der Waals surface area contributed by atoms with Gasteiger partial charge in [-0.3, -0.25) is 4.79 Å². The highest BCUT2D eigenvalue weighted by molar-refractivity contribution is 5.73. The summed E-state index contributed by atoms with van der Waals surface area (Å²) in [6, 6.07) is 8.34. The fourth-order valence-corrected chi connectivity index (χ4v) is 2.32. The number of nitrogens with one attached hydrogen (secondary N) is 1. The first-order valence-corrected chi connectivity index (χ1v) is 6.33. The molecule has 1 aromatic rings. The summed E-state index contributed by atoms with van der Waals surface area (Å²) in [7, 11) is 1.44. The first-order valence-electron chi connectivity index (χ1n) is 6.33. The number of benzene rings is 1. The van der Waals surface area contributed by atoms with Crippen molar-refractivity contribution in [3.63, 3.8) is 0 Å². The highest BCUT2D eigenvalue weighted by Crippen LogP contribution is 2.23. The molecule has 0 fully saturated rings. The van der Waals surface area contributed by atoms with Gasteiger partial charge in [-0.1, -0.05) is 25.1 Å². The van der Waals surface area contributed by atoms with Crippen LogP contribution in [0.3, 0.4) is 0 Å². The molecule has 0 saturated carbocycles. The monoisotopic (exact) mass is 248 g/mol. The molecule has 1 atom stereocenters. The summed E-state index contributed by atoms with van der Waals surface area (Å²) in [4.78, 5) is 13.8. The predicted molar refractivity (Wildman–Crippen MR) is 71.5 cm³/mol. The van der Waals surface area contributed by atoms with Crippen LogP contribution in [0.15, 0.2) is 24.3 Å². The fourth-order valence-electron chi connectivity index (χ4n) is 2.32. The lowest BCUT2D eigenvalue weighted by molar-refractivity contribution is -0.144. The Morgan fingerprint density at radius 3 is 3.06 bits per heavy atom. The molecule has 1 heterocycles. The average Bonchev–Trinajstić information content (AvgIpc) is 2.60. The molecular formula is C14H20N2O2. The zero-order valence-corrected chi connectivity index (χ0v) is 11.0. The lowest BCUT2D eigenvalue weighted by atomic mass is 10.1. The van der Waals surface area contributed by atoms with Gasteiger partial charge in [-0.05, 0) is 11.6 Å². The Morgan fingerprint density at radius 2 is 2.28 bits per heavy atom. The van der Waals surface area contributed by atoms with E-state index in [1.807, 2.05) is 19.1 Å². The number of carbonyl (C=O) groups excluding carboxylic acids is 1. The van der Waals surface area contributed by atoms with Gasteiger partial charge in [-0.15, -0.1) is 0 Å². The van der Waals surface area contributed by atoms with Crippen LogP contribution in [0.25, 0.3) is 0 Å². The maximum absolute atomic E-state index is 11.5. The Morgan fingerprint density at radius 1 is 1.50 bits per heavy atom. The van der Waals surface area contributed by atoms with E-state index in [9.17, 15) is 4.79 Å². The molecule has 0 saturated heterocycles. The van der Waals surface area contributed by atoms with Crippen molar-refractivity contribution >= 4 is 11.7 Å². The van der Waals surface area contributed by atoms with Gasteiger partial charge in [0.1, 0.15) is 0 Å². The molecule has 4 nitrogen and oxygen atoms in total. The summed E-state index contributed by atoms with van der Waals surface area (Å²) < 4.78 is 4.79. The van der Waals surface area contributed by atoms with Gasteiger partial charge in [-0.25, -0.2) is 0 Å². The molecular weight excluding hydrogens is 228 g/mol. The predicted octanol–water partition coefficient (Wildman–Crippen LogP) is 1.41. The van der Waals surface area contributed by atoms with E-state index in [0.717, 1.165) is 19.6 Å². The van der Waals surface area contributed by atoms with E-state index in [4.69, 9.17) is 4.74 Å². The van der Waals surface area contributed by atoms with Crippen LogP contribution in [-0.2, 0) is 16.1 Å². The molecule has 0 bridgehead atoms. The van der Waals surface area contributed by atoms with E-state index in [1.54, 1.807) is 0 Å². The van der Waals surface area contributed by atoms with Crippen molar-refractivity contribution in [3.8, 4) is 0 Å². The van der Waals surface area contributed by atoms with Crippen LogP contribution in [-0.4, -0.2) is 32.7 Å². The number of methoxy groups -OCH3 is 1. The minimum absolute atomic E-state index is 0.110. The molecule has 1 aliphatic rings. The number of para-hydroxylation sites is 1. The fraction of sp³-hybridized carbons (Fsp3) is 0.500. The number of anilines is 1. The molecule has 18 heavy (non-hydrogen) atoms. The summed E-state index contributed by atoms with van der Waals surface area (Å²) in [5, 5.41) is 3.39. The molecule has 4 heteroatoms. The van der Waals surface area contributed by atoms with Crippen molar-refractivity contribution in [3.05, 3.63) is 29.8 Å². The molecule has 0 spiro atoms. The molecule has 0 amide bonds.